The third-order valence-electron chi connectivity index (χ3n) is 3.74. The molecule has 2 heterocycles. The van der Waals surface area contributed by atoms with Crippen molar-refractivity contribution in [3.63, 3.8) is 0 Å². The Labute approximate surface area is 107 Å². The molecule has 3 atom stereocenters. The van der Waals surface area contributed by atoms with E-state index < -0.39 is 0 Å². The fraction of sp³-hybridized carbons (Fsp3) is 0.500. The predicted molar refractivity (Wildman–Crippen MR) is 69.4 cm³/mol. The second-order valence-corrected chi connectivity index (χ2v) is 5.02. The average Bonchev–Trinajstić information content (AvgIpc) is 2.98. The molecule has 1 fully saturated rings. The van der Waals surface area contributed by atoms with Crippen molar-refractivity contribution in [2.75, 3.05) is 11.9 Å². The van der Waals surface area contributed by atoms with E-state index in [9.17, 15) is 4.79 Å². The van der Waals surface area contributed by atoms with Gasteiger partial charge in [-0.3, -0.25) is 10.1 Å². The second-order valence-electron chi connectivity index (χ2n) is 5.02. The Kier molecular flexibility index (Phi) is 3.06. The van der Waals surface area contributed by atoms with E-state index in [2.05, 4.69) is 17.6 Å². The van der Waals surface area contributed by atoms with Crippen LogP contribution in [0, 0.1) is 0 Å². The molecule has 0 aliphatic carbocycles. The fourth-order valence-corrected chi connectivity index (χ4v) is 2.74. The Hall–Kier alpha value is -1.39. The molecule has 18 heavy (non-hydrogen) atoms. The summed E-state index contributed by atoms with van der Waals surface area (Å²) in [6.45, 7) is 2.92. The summed E-state index contributed by atoms with van der Waals surface area (Å²) < 4.78 is 5.65. The van der Waals surface area contributed by atoms with Gasteiger partial charge >= 0.3 is 0 Å². The molecular weight excluding hydrogens is 228 g/mol. The van der Waals surface area contributed by atoms with Crippen LogP contribution in [-0.2, 0) is 9.53 Å². The lowest BCUT2D eigenvalue weighted by Crippen LogP contribution is -2.41. The minimum atomic E-state index is -0.250. The third kappa shape index (κ3) is 2.02. The Morgan fingerprint density at radius 3 is 3.06 bits per heavy atom. The Morgan fingerprint density at radius 1 is 1.44 bits per heavy atom. The molecule has 2 N–H and O–H groups in total. The van der Waals surface area contributed by atoms with E-state index in [-0.39, 0.29) is 24.1 Å². The number of rotatable bonds is 3. The maximum atomic E-state index is 12.0. The number of benzene rings is 1. The van der Waals surface area contributed by atoms with Crippen LogP contribution in [0.25, 0.3) is 0 Å². The standard InChI is InChI=1S/C14H18N2O2/c1-9(12-7-4-8-18-12)15-13-10-5-2-3-6-11(10)16-14(13)17/h2-3,5-6,9,12-13,15H,4,7-8H2,1H3,(H,16,17). The minimum absolute atomic E-state index is 0.0287. The van der Waals surface area contributed by atoms with Gasteiger partial charge in [0, 0.05) is 23.9 Å². The Morgan fingerprint density at radius 2 is 2.28 bits per heavy atom. The van der Waals surface area contributed by atoms with Crippen LogP contribution in [0.15, 0.2) is 24.3 Å². The number of para-hydroxylation sites is 1. The van der Waals surface area contributed by atoms with Crippen LogP contribution in [-0.4, -0.2) is 24.7 Å². The highest BCUT2D eigenvalue weighted by Crippen LogP contribution is 2.31. The normalized spacial score (nSPS) is 27.9. The SMILES string of the molecule is CC(NC1C(=O)Nc2ccccc21)C1CCCO1. The first-order chi connectivity index (χ1) is 8.75. The van der Waals surface area contributed by atoms with Crippen LogP contribution in [0.1, 0.15) is 31.4 Å². The number of nitrogens with one attached hydrogen (secondary N) is 2. The summed E-state index contributed by atoms with van der Waals surface area (Å²) in [5, 5.41) is 6.29. The van der Waals surface area contributed by atoms with Gasteiger partial charge in [0.15, 0.2) is 0 Å². The molecule has 2 aliphatic rings. The summed E-state index contributed by atoms with van der Waals surface area (Å²) >= 11 is 0. The summed E-state index contributed by atoms with van der Waals surface area (Å²) in [6.07, 6.45) is 2.42. The van der Waals surface area contributed by atoms with E-state index >= 15 is 0 Å². The number of carbonyl (C=O) groups is 1. The number of anilines is 1. The molecule has 1 aromatic rings. The first-order valence-corrected chi connectivity index (χ1v) is 6.53. The molecule has 0 bridgehead atoms. The maximum absolute atomic E-state index is 12.0. The molecule has 1 saturated heterocycles. The van der Waals surface area contributed by atoms with Crippen molar-refractivity contribution < 1.29 is 9.53 Å². The van der Waals surface area contributed by atoms with Crippen LogP contribution >= 0.6 is 0 Å². The molecule has 3 unspecified atom stereocenters. The molecule has 0 saturated carbocycles. The average molecular weight is 246 g/mol. The molecule has 1 aromatic carbocycles. The predicted octanol–water partition coefficient (Wildman–Crippen LogP) is 1.84. The van der Waals surface area contributed by atoms with Gasteiger partial charge in [0.05, 0.1) is 6.10 Å². The molecule has 4 nitrogen and oxygen atoms in total. The van der Waals surface area contributed by atoms with E-state index in [1.165, 1.54) is 0 Å². The van der Waals surface area contributed by atoms with Gasteiger partial charge in [0.1, 0.15) is 6.04 Å². The smallest absolute Gasteiger partial charge is 0.246 e. The summed E-state index contributed by atoms with van der Waals surface area (Å²) in [4.78, 5) is 12.0. The lowest BCUT2D eigenvalue weighted by atomic mass is 10.0. The molecule has 3 rings (SSSR count). The van der Waals surface area contributed by atoms with Crippen molar-refractivity contribution in [3.05, 3.63) is 29.8 Å². The maximum Gasteiger partial charge on any atom is 0.246 e. The number of hydrogen-bond donors (Lipinski definition) is 2. The van der Waals surface area contributed by atoms with Gasteiger partial charge in [-0.15, -0.1) is 0 Å². The number of ether oxygens (including phenoxy) is 1. The number of carbonyl (C=O) groups excluding carboxylic acids is 1. The highest BCUT2D eigenvalue weighted by atomic mass is 16.5. The van der Waals surface area contributed by atoms with Crippen molar-refractivity contribution in [1.29, 1.82) is 0 Å². The first kappa shape index (κ1) is 11.7. The van der Waals surface area contributed by atoms with E-state index in [0.717, 1.165) is 30.7 Å². The van der Waals surface area contributed by atoms with E-state index in [0.29, 0.717) is 0 Å². The van der Waals surface area contributed by atoms with Crippen LogP contribution in [0.3, 0.4) is 0 Å². The molecule has 0 spiro atoms. The van der Waals surface area contributed by atoms with Gasteiger partial charge < -0.3 is 10.1 Å². The zero-order valence-corrected chi connectivity index (χ0v) is 10.5. The van der Waals surface area contributed by atoms with Crippen molar-refractivity contribution in [1.82, 2.24) is 5.32 Å². The number of hydrogen-bond acceptors (Lipinski definition) is 3. The lowest BCUT2D eigenvalue weighted by molar-refractivity contribution is -0.118. The first-order valence-electron chi connectivity index (χ1n) is 6.53. The largest absolute Gasteiger partial charge is 0.377 e. The molecule has 1 amide bonds. The topological polar surface area (TPSA) is 50.4 Å². The molecule has 2 aliphatic heterocycles. The van der Waals surface area contributed by atoms with Gasteiger partial charge in [0.25, 0.3) is 0 Å². The van der Waals surface area contributed by atoms with Crippen molar-refractivity contribution in [3.8, 4) is 0 Å². The zero-order chi connectivity index (χ0) is 12.5. The Bertz CT molecular complexity index is 455. The van der Waals surface area contributed by atoms with Gasteiger partial charge in [-0.05, 0) is 25.8 Å². The summed E-state index contributed by atoms with van der Waals surface area (Å²) in [5.74, 6) is 0.0287. The van der Waals surface area contributed by atoms with Crippen LogP contribution in [0.4, 0.5) is 5.69 Å². The Balaban J connectivity index is 1.74. The van der Waals surface area contributed by atoms with Crippen LogP contribution < -0.4 is 10.6 Å². The van der Waals surface area contributed by atoms with Crippen LogP contribution in [0.2, 0.25) is 0 Å². The number of fused-ring (bicyclic) bond motifs is 1. The van der Waals surface area contributed by atoms with Gasteiger partial charge in [-0.25, -0.2) is 0 Å². The van der Waals surface area contributed by atoms with E-state index in [1.54, 1.807) is 0 Å². The number of amides is 1. The monoisotopic (exact) mass is 246 g/mol. The molecule has 4 heteroatoms. The lowest BCUT2D eigenvalue weighted by Gasteiger charge is -2.23. The fourth-order valence-electron chi connectivity index (χ4n) is 2.74. The third-order valence-corrected chi connectivity index (χ3v) is 3.74. The van der Waals surface area contributed by atoms with Gasteiger partial charge in [0.2, 0.25) is 5.91 Å². The molecule has 0 aromatic heterocycles. The minimum Gasteiger partial charge on any atom is -0.377 e. The van der Waals surface area contributed by atoms with E-state index in [1.807, 2.05) is 24.3 Å². The zero-order valence-electron chi connectivity index (χ0n) is 10.5. The molecular formula is C14H18N2O2. The van der Waals surface area contributed by atoms with Crippen molar-refractivity contribution >= 4 is 11.6 Å². The summed E-state index contributed by atoms with van der Waals surface area (Å²) in [6, 6.07) is 7.77. The molecule has 96 valence electrons. The second kappa shape index (κ2) is 4.71. The van der Waals surface area contributed by atoms with Gasteiger partial charge in [-0.1, -0.05) is 18.2 Å². The highest BCUT2D eigenvalue weighted by molar-refractivity contribution is 6.02. The summed E-state index contributed by atoms with van der Waals surface area (Å²) in [7, 11) is 0. The summed E-state index contributed by atoms with van der Waals surface area (Å²) in [5.41, 5.74) is 1.95. The quantitative estimate of drug-likeness (QED) is 0.855. The highest BCUT2D eigenvalue weighted by Gasteiger charge is 2.33. The molecule has 0 radical (unpaired) electrons. The van der Waals surface area contributed by atoms with Crippen molar-refractivity contribution in [2.45, 2.75) is 38.0 Å². The van der Waals surface area contributed by atoms with Crippen molar-refractivity contribution in [2.24, 2.45) is 0 Å². The van der Waals surface area contributed by atoms with E-state index in [4.69, 9.17) is 4.74 Å². The van der Waals surface area contributed by atoms with Gasteiger partial charge in [-0.2, -0.15) is 0 Å². The van der Waals surface area contributed by atoms with Crippen LogP contribution in [0.5, 0.6) is 0 Å².